The van der Waals surface area contributed by atoms with Crippen LogP contribution in [0.4, 0.5) is 5.69 Å². The maximum absolute atomic E-state index is 11.2. The fourth-order valence-corrected chi connectivity index (χ4v) is 1.52. The van der Waals surface area contributed by atoms with Gasteiger partial charge < -0.3 is 14.5 Å². The van der Waals surface area contributed by atoms with Crippen LogP contribution in [0.2, 0.25) is 0 Å². The first-order chi connectivity index (χ1) is 8.72. The molecule has 2 aromatic heterocycles. The third-order valence-corrected chi connectivity index (χ3v) is 2.50. The Bertz CT molecular complexity index is 530. The summed E-state index contributed by atoms with van der Waals surface area (Å²) in [6.45, 7) is 3.34. The average molecular weight is 249 g/mol. The molecule has 0 saturated heterocycles. The lowest BCUT2D eigenvalue weighted by Gasteiger charge is -1.99. The number of carbonyl (C=O) groups excluding carboxylic acids is 1. The minimum Gasteiger partial charge on any atom is -0.467 e. The Kier molecular flexibility index (Phi) is 3.66. The Labute approximate surface area is 105 Å². The number of methoxy groups -OCH3 is 1. The number of aryl methyl sites for hydroxylation is 1. The maximum atomic E-state index is 11.2. The summed E-state index contributed by atoms with van der Waals surface area (Å²) >= 11 is 0. The van der Waals surface area contributed by atoms with Crippen LogP contribution < -0.4 is 5.32 Å². The van der Waals surface area contributed by atoms with E-state index in [0.29, 0.717) is 17.9 Å². The molecule has 0 aromatic carbocycles. The first kappa shape index (κ1) is 12.2. The van der Waals surface area contributed by atoms with Gasteiger partial charge in [-0.05, 0) is 13.0 Å². The van der Waals surface area contributed by atoms with Crippen molar-refractivity contribution in [1.29, 1.82) is 0 Å². The standard InChI is InChI=1S/C12H15N3O3/c1-3-15-7-10(5-14-15)13-6-11-4-9(8-18-11)12(16)17-2/h4-5,7-8,13H,3,6H2,1-2H3. The number of aromatic nitrogens is 2. The molecule has 2 aromatic rings. The highest BCUT2D eigenvalue weighted by Crippen LogP contribution is 2.12. The Morgan fingerprint density at radius 2 is 2.44 bits per heavy atom. The van der Waals surface area contributed by atoms with Crippen molar-refractivity contribution in [1.82, 2.24) is 9.78 Å². The Balaban J connectivity index is 1.93. The Morgan fingerprint density at radius 3 is 3.11 bits per heavy atom. The number of carbonyl (C=O) groups is 1. The SMILES string of the molecule is CCn1cc(NCc2cc(C(=O)OC)co2)cn1. The van der Waals surface area contributed by atoms with Crippen molar-refractivity contribution in [3.63, 3.8) is 0 Å². The summed E-state index contributed by atoms with van der Waals surface area (Å²) in [5, 5.41) is 7.30. The van der Waals surface area contributed by atoms with Crippen molar-refractivity contribution in [2.45, 2.75) is 20.0 Å². The third kappa shape index (κ3) is 2.71. The van der Waals surface area contributed by atoms with E-state index in [9.17, 15) is 4.79 Å². The highest BCUT2D eigenvalue weighted by atomic mass is 16.5. The molecule has 2 rings (SSSR count). The molecule has 0 fully saturated rings. The van der Waals surface area contributed by atoms with Crippen molar-refractivity contribution in [3.8, 4) is 0 Å². The summed E-state index contributed by atoms with van der Waals surface area (Å²) in [5.41, 5.74) is 1.33. The van der Waals surface area contributed by atoms with Crippen LogP contribution in [0.5, 0.6) is 0 Å². The zero-order valence-corrected chi connectivity index (χ0v) is 10.3. The Hall–Kier alpha value is -2.24. The molecule has 0 aliphatic carbocycles. The number of ether oxygens (including phenoxy) is 1. The quantitative estimate of drug-likeness (QED) is 0.819. The first-order valence-corrected chi connectivity index (χ1v) is 5.65. The largest absolute Gasteiger partial charge is 0.467 e. The summed E-state index contributed by atoms with van der Waals surface area (Å²) in [7, 11) is 1.34. The molecule has 0 spiro atoms. The zero-order valence-electron chi connectivity index (χ0n) is 10.3. The predicted molar refractivity (Wildman–Crippen MR) is 65.3 cm³/mol. The first-order valence-electron chi connectivity index (χ1n) is 5.65. The van der Waals surface area contributed by atoms with Gasteiger partial charge >= 0.3 is 5.97 Å². The lowest BCUT2D eigenvalue weighted by atomic mass is 10.3. The van der Waals surface area contributed by atoms with Crippen LogP contribution in [0.3, 0.4) is 0 Å². The number of nitrogens with zero attached hydrogens (tertiary/aromatic N) is 2. The molecular formula is C12H15N3O3. The van der Waals surface area contributed by atoms with Crippen molar-refractivity contribution in [3.05, 3.63) is 36.0 Å². The second-order valence-electron chi connectivity index (χ2n) is 3.73. The summed E-state index contributed by atoms with van der Waals surface area (Å²) in [4.78, 5) is 11.2. The molecule has 1 N–H and O–H groups in total. The van der Waals surface area contributed by atoms with E-state index in [-0.39, 0.29) is 0 Å². The van der Waals surface area contributed by atoms with Crippen molar-refractivity contribution in [2.24, 2.45) is 0 Å². The minimum absolute atomic E-state index is 0.399. The monoisotopic (exact) mass is 249 g/mol. The number of esters is 1. The minimum atomic E-state index is -0.399. The van der Waals surface area contributed by atoms with Gasteiger partial charge in [0.05, 0.1) is 31.1 Å². The van der Waals surface area contributed by atoms with Crippen LogP contribution >= 0.6 is 0 Å². The Morgan fingerprint density at radius 1 is 1.61 bits per heavy atom. The second-order valence-corrected chi connectivity index (χ2v) is 3.73. The molecule has 0 atom stereocenters. The van der Waals surface area contributed by atoms with E-state index in [1.807, 2.05) is 17.8 Å². The van der Waals surface area contributed by atoms with Crippen LogP contribution in [0.25, 0.3) is 0 Å². The van der Waals surface area contributed by atoms with E-state index in [4.69, 9.17) is 4.42 Å². The molecule has 0 bridgehead atoms. The van der Waals surface area contributed by atoms with E-state index in [2.05, 4.69) is 15.2 Å². The average Bonchev–Trinajstić information content (AvgIpc) is 3.04. The molecule has 18 heavy (non-hydrogen) atoms. The van der Waals surface area contributed by atoms with E-state index in [1.165, 1.54) is 13.4 Å². The number of hydrogen-bond acceptors (Lipinski definition) is 5. The summed E-state index contributed by atoms with van der Waals surface area (Å²) in [6, 6.07) is 1.66. The normalized spacial score (nSPS) is 10.3. The van der Waals surface area contributed by atoms with E-state index in [1.54, 1.807) is 12.3 Å². The highest BCUT2D eigenvalue weighted by Gasteiger charge is 2.09. The van der Waals surface area contributed by atoms with Gasteiger partial charge in [0.1, 0.15) is 12.0 Å². The van der Waals surface area contributed by atoms with Gasteiger partial charge in [-0.15, -0.1) is 0 Å². The van der Waals surface area contributed by atoms with Crippen LogP contribution in [-0.4, -0.2) is 22.9 Å². The predicted octanol–water partition coefficient (Wildman–Crippen LogP) is 1.89. The van der Waals surface area contributed by atoms with Gasteiger partial charge in [-0.25, -0.2) is 4.79 Å². The summed E-state index contributed by atoms with van der Waals surface area (Å²) < 4.78 is 11.7. The molecule has 6 nitrogen and oxygen atoms in total. The van der Waals surface area contributed by atoms with Gasteiger partial charge in [0.25, 0.3) is 0 Å². The van der Waals surface area contributed by atoms with Gasteiger partial charge in [-0.1, -0.05) is 0 Å². The molecule has 0 radical (unpaired) electrons. The lowest BCUT2D eigenvalue weighted by Crippen LogP contribution is -1.99. The molecule has 0 amide bonds. The van der Waals surface area contributed by atoms with Crippen LogP contribution in [0, 0.1) is 0 Å². The maximum Gasteiger partial charge on any atom is 0.341 e. The van der Waals surface area contributed by atoms with Crippen LogP contribution in [-0.2, 0) is 17.8 Å². The van der Waals surface area contributed by atoms with Gasteiger partial charge in [-0.3, -0.25) is 4.68 Å². The number of furan rings is 1. The van der Waals surface area contributed by atoms with Crippen LogP contribution in [0.15, 0.2) is 29.1 Å². The number of rotatable bonds is 5. The molecule has 2 heterocycles. The summed E-state index contributed by atoms with van der Waals surface area (Å²) in [6.07, 6.45) is 5.04. The van der Waals surface area contributed by atoms with Crippen LogP contribution in [0.1, 0.15) is 23.0 Å². The molecule has 0 aliphatic heterocycles. The van der Waals surface area contributed by atoms with Gasteiger partial charge in [0, 0.05) is 12.7 Å². The van der Waals surface area contributed by atoms with Gasteiger partial charge in [0.2, 0.25) is 0 Å². The van der Waals surface area contributed by atoms with Crippen molar-refractivity contribution < 1.29 is 13.9 Å². The molecule has 0 aliphatic rings. The molecule has 6 heteroatoms. The lowest BCUT2D eigenvalue weighted by molar-refractivity contribution is 0.0600. The number of nitrogens with one attached hydrogen (secondary N) is 1. The van der Waals surface area contributed by atoms with Gasteiger partial charge in [-0.2, -0.15) is 5.10 Å². The summed E-state index contributed by atoms with van der Waals surface area (Å²) in [5.74, 6) is 0.267. The van der Waals surface area contributed by atoms with Gasteiger partial charge in [0.15, 0.2) is 0 Å². The smallest absolute Gasteiger partial charge is 0.341 e. The van der Waals surface area contributed by atoms with Crippen molar-refractivity contribution >= 4 is 11.7 Å². The highest BCUT2D eigenvalue weighted by molar-refractivity contribution is 5.88. The molecule has 0 unspecified atom stereocenters. The van der Waals surface area contributed by atoms with E-state index in [0.717, 1.165) is 12.2 Å². The zero-order chi connectivity index (χ0) is 13.0. The molecule has 0 saturated carbocycles. The second kappa shape index (κ2) is 5.39. The molecular weight excluding hydrogens is 234 g/mol. The fraction of sp³-hybridized carbons (Fsp3) is 0.333. The topological polar surface area (TPSA) is 69.3 Å². The fourth-order valence-electron chi connectivity index (χ4n) is 1.52. The van der Waals surface area contributed by atoms with E-state index < -0.39 is 5.97 Å². The van der Waals surface area contributed by atoms with E-state index >= 15 is 0 Å². The molecule has 96 valence electrons. The van der Waals surface area contributed by atoms with Crippen molar-refractivity contribution in [2.75, 3.05) is 12.4 Å². The number of hydrogen-bond donors (Lipinski definition) is 1. The number of anilines is 1. The third-order valence-electron chi connectivity index (χ3n) is 2.50.